The second-order valence-electron chi connectivity index (χ2n) is 11.9. The Kier molecular flexibility index (Phi) is 6.82. The van der Waals surface area contributed by atoms with E-state index in [1.807, 2.05) is 49.0 Å². The van der Waals surface area contributed by atoms with Gasteiger partial charge >= 0.3 is 0 Å². The number of benzene rings is 1. The first-order valence-corrected chi connectivity index (χ1v) is 16.7. The summed E-state index contributed by atoms with van der Waals surface area (Å²) in [7, 11) is -2.09. The summed E-state index contributed by atoms with van der Waals surface area (Å²) < 4.78 is 28.8. The molecule has 1 amide bonds. The van der Waals surface area contributed by atoms with Crippen LogP contribution in [0.2, 0.25) is 5.15 Å². The normalized spacial score (nSPS) is 19.9. The molecule has 7 rings (SSSR count). The number of piperidine rings is 1. The van der Waals surface area contributed by atoms with Crippen molar-refractivity contribution in [2.24, 2.45) is 18.9 Å². The second kappa shape index (κ2) is 10.5. The van der Waals surface area contributed by atoms with Crippen LogP contribution in [0.1, 0.15) is 46.2 Å². The van der Waals surface area contributed by atoms with Crippen LogP contribution in [0.3, 0.4) is 0 Å². The van der Waals surface area contributed by atoms with Crippen LogP contribution in [0.25, 0.3) is 16.6 Å². The average molecular weight is 648 g/mol. The van der Waals surface area contributed by atoms with Crippen molar-refractivity contribution in [2.45, 2.75) is 25.8 Å². The molecule has 0 spiro atoms. The number of hydrogen-bond acceptors (Lipinski definition) is 10. The van der Waals surface area contributed by atoms with E-state index in [1.54, 1.807) is 28.4 Å². The minimum Gasteiger partial charge on any atom is -0.377 e. The van der Waals surface area contributed by atoms with Gasteiger partial charge in [0, 0.05) is 50.1 Å². The Morgan fingerprint density at radius 1 is 1.13 bits per heavy atom. The van der Waals surface area contributed by atoms with E-state index in [2.05, 4.69) is 20.2 Å². The zero-order valence-corrected chi connectivity index (χ0v) is 26.5. The summed E-state index contributed by atoms with van der Waals surface area (Å²) in [6.07, 6.45) is 4.54. The van der Waals surface area contributed by atoms with Crippen LogP contribution in [0.4, 0.5) is 11.6 Å². The lowest BCUT2D eigenvalue weighted by Gasteiger charge is -2.25. The molecule has 1 saturated carbocycles. The summed E-state index contributed by atoms with van der Waals surface area (Å²) in [5, 5.41) is 8.50. The maximum Gasteiger partial charge on any atom is 0.285 e. The van der Waals surface area contributed by atoms with Gasteiger partial charge in [-0.3, -0.25) is 14.2 Å². The van der Waals surface area contributed by atoms with Crippen LogP contribution in [-0.2, 0) is 17.1 Å². The number of halogens is 1. The van der Waals surface area contributed by atoms with Crippen LogP contribution in [0, 0.1) is 18.8 Å². The number of fused-ring (bicyclic) bond motifs is 3. The number of nitrogens with one attached hydrogen (secondary N) is 2. The summed E-state index contributed by atoms with van der Waals surface area (Å²) in [4.78, 5) is 42.1. The van der Waals surface area contributed by atoms with Gasteiger partial charge in [-0.25, -0.2) is 32.6 Å². The molecule has 4 atom stereocenters. The van der Waals surface area contributed by atoms with Crippen molar-refractivity contribution in [3.8, 4) is 0 Å². The van der Waals surface area contributed by atoms with E-state index >= 15 is 0 Å². The zero-order valence-electron chi connectivity index (χ0n) is 24.9. The molecule has 2 fully saturated rings. The van der Waals surface area contributed by atoms with Crippen molar-refractivity contribution in [2.75, 3.05) is 29.6 Å². The number of aryl methyl sites for hydroxylation is 1. The Balaban J connectivity index is 1.19. The van der Waals surface area contributed by atoms with Gasteiger partial charge < -0.3 is 10.2 Å². The number of carbonyl (C=O) groups excluding carboxylic acids is 1. The highest BCUT2D eigenvalue weighted by Crippen LogP contribution is 2.58. The summed E-state index contributed by atoms with van der Waals surface area (Å²) in [6, 6.07) is 10.3. The smallest absolute Gasteiger partial charge is 0.285 e. The second-order valence-corrected chi connectivity index (χ2v) is 14.0. The fraction of sp³-hybridized carbons (Fsp3) is 0.333. The summed E-state index contributed by atoms with van der Waals surface area (Å²) in [6.45, 7) is 5.29. The van der Waals surface area contributed by atoms with Crippen LogP contribution in [-0.4, -0.2) is 62.8 Å². The lowest BCUT2D eigenvalue weighted by Crippen LogP contribution is -2.32. The predicted molar refractivity (Wildman–Crippen MR) is 170 cm³/mol. The molecule has 45 heavy (non-hydrogen) atoms. The maximum atomic E-state index is 13.7. The lowest BCUT2D eigenvalue weighted by molar-refractivity contribution is 0.0977. The summed E-state index contributed by atoms with van der Waals surface area (Å²) >= 11 is 6.04. The fourth-order valence-electron chi connectivity index (χ4n) is 6.55. The molecule has 13 nitrogen and oxygen atoms in total. The third-order valence-corrected chi connectivity index (χ3v) is 9.36. The molecule has 0 bridgehead atoms. The van der Waals surface area contributed by atoms with E-state index < -0.39 is 22.0 Å². The highest BCUT2D eigenvalue weighted by atomic mass is 35.5. The molecule has 15 heteroatoms. The number of hydrogen-bond donors (Lipinski definition) is 2. The standard InChI is InChI=1S/C30H30ClN9O4S/c1-15-10-17(16(2)33-21-6-7-23(31)34-27(21)28(41)37-45(4,43)44)26-18(11-15)29(42)38(3)30(35-26)39-13-19-20(14-39)25(19)22-12-24-32-8-5-9-40(24)36-22/h5-12,16,19-20,25,33H,13-14H2,1-4H3,(H,37,41)/t16-,19-,20+,25?/m1/s1. The Hall–Kier alpha value is -4.56. The minimum atomic E-state index is -3.83. The first-order chi connectivity index (χ1) is 21.4. The van der Waals surface area contributed by atoms with Gasteiger partial charge in [0.1, 0.15) is 5.15 Å². The lowest BCUT2D eigenvalue weighted by atomic mass is 10.0. The van der Waals surface area contributed by atoms with Gasteiger partial charge in [-0.1, -0.05) is 17.7 Å². The van der Waals surface area contributed by atoms with Gasteiger partial charge in [0.15, 0.2) is 11.3 Å². The van der Waals surface area contributed by atoms with Crippen molar-refractivity contribution >= 4 is 55.7 Å². The Labute approximate surface area is 263 Å². The maximum absolute atomic E-state index is 13.7. The molecule has 4 aromatic heterocycles. The molecule has 5 aromatic rings. The van der Waals surface area contributed by atoms with Gasteiger partial charge in [0.2, 0.25) is 16.0 Å². The number of rotatable bonds is 7. The fourth-order valence-corrected chi connectivity index (χ4v) is 7.13. The molecular weight excluding hydrogens is 618 g/mol. The molecule has 0 radical (unpaired) electrons. The highest BCUT2D eigenvalue weighted by molar-refractivity contribution is 7.89. The van der Waals surface area contributed by atoms with E-state index in [-0.39, 0.29) is 22.1 Å². The molecule has 1 saturated heterocycles. The number of aromatic nitrogens is 6. The molecule has 1 aromatic carbocycles. The molecule has 2 aliphatic rings. The van der Waals surface area contributed by atoms with Crippen LogP contribution < -0.4 is 20.5 Å². The number of carbonyl (C=O) groups is 1. The highest BCUT2D eigenvalue weighted by Gasteiger charge is 2.58. The van der Waals surface area contributed by atoms with E-state index in [4.69, 9.17) is 21.7 Å². The molecule has 1 aliphatic carbocycles. The average Bonchev–Trinajstić information content (AvgIpc) is 3.28. The van der Waals surface area contributed by atoms with Gasteiger partial charge in [0.05, 0.1) is 34.6 Å². The summed E-state index contributed by atoms with van der Waals surface area (Å²) in [5.74, 6) is 0.853. The van der Waals surface area contributed by atoms with Gasteiger partial charge in [0.25, 0.3) is 11.5 Å². The molecular formula is C30H30ClN9O4S. The van der Waals surface area contributed by atoms with E-state index in [0.29, 0.717) is 34.6 Å². The largest absolute Gasteiger partial charge is 0.377 e. The van der Waals surface area contributed by atoms with Gasteiger partial charge in [-0.15, -0.1) is 0 Å². The number of pyridine rings is 1. The van der Waals surface area contributed by atoms with Crippen LogP contribution in [0.15, 0.2) is 53.6 Å². The SMILES string of the molecule is Cc1cc([C@@H](C)Nc2ccc(Cl)nc2C(=O)NS(C)(=O)=O)c2nc(N3C[C@@H]4C(c5cc6ncccn6n5)[C@@H]4C3)n(C)c(=O)c2c1. The van der Waals surface area contributed by atoms with E-state index in [0.717, 1.165) is 41.8 Å². The third-order valence-electron chi connectivity index (χ3n) is 8.60. The van der Waals surface area contributed by atoms with Crippen molar-refractivity contribution in [1.82, 2.24) is 33.9 Å². The molecule has 232 valence electrons. The number of nitrogens with zero attached hydrogens (tertiary/aromatic N) is 7. The number of anilines is 2. The molecule has 1 aliphatic heterocycles. The Morgan fingerprint density at radius 2 is 1.89 bits per heavy atom. The monoisotopic (exact) mass is 647 g/mol. The summed E-state index contributed by atoms with van der Waals surface area (Å²) in [5.41, 5.74) is 3.98. The quantitative estimate of drug-likeness (QED) is 0.252. The van der Waals surface area contributed by atoms with Crippen molar-refractivity contribution in [3.63, 3.8) is 0 Å². The molecule has 5 heterocycles. The van der Waals surface area contributed by atoms with E-state index in [9.17, 15) is 18.0 Å². The molecule has 2 N–H and O–H groups in total. The molecule has 1 unspecified atom stereocenters. The first kappa shape index (κ1) is 29.2. The van der Waals surface area contributed by atoms with Crippen molar-refractivity contribution in [3.05, 3.63) is 86.8 Å². The van der Waals surface area contributed by atoms with Crippen molar-refractivity contribution in [1.29, 1.82) is 0 Å². The number of sulfonamides is 1. The van der Waals surface area contributed by atoms with Gasteiger partial charge in [-0.05, 0) is 55.5 Å². The topological polar surface area (TPSA) is 156 Å². The minimum absolute atomic E-state index is 0.0337. The number of amides is 1. The zero-order chi connectivity index (χ0) is 31.8. The van der Waals surface area contributed by atoms with Crippen LogP contribution in [0.5, 0.6) is 0 Å². The first-order valence-electron chi connectivity index (χ1n) is 14.4. The van der Waals surface area contributed by atoms with Crippen molar-refractivity contribution < 1.29 is 13.2 Å². The Bertz CT molecular complexity index is 2150. The van der Waals surface area contributed by atoms with E-state index in [1.165, 1.54) is 6.07 Å². The van der Waals surface area contributed by atoms with Gasteiger partial charge in [-0.2, -0.15) is 5.10 Å². The Morgan fingerprint density at radius 3 is 2.60 bits per heavy atom. The predicted octanol–water partition coefficient (Wildman–Crippen LogP) is 3.05. The third kappa shape index (κ3) is 5.27. The van der Waals surface area contributed by atoms with Crippen LogP contribution >= 0.6 is 11.6 Å².